The topological polar surface area (TPSA) is 44.0 Å². The summed E-state index contributed by atoms with van der Waals surface area (Å²) >= 11 is 3.05. The van der Waals surface area contributed by atoms with Gasteiger partial charge >= 0.3 is 0 Å². The number of phenolic OH excluding ortho intramolecular Hbond substituents is 1. The summed E-state index contributed by atoms with van der Waals surface area (Å²) in [6, 6.07) is 4.07. The molecule has 12 heavy (non-hydrogen) atoms. The van der Waals surface area contributed by atoms with Crippen molar-refractivity contribution in [1.82, 2.24) is 0 Å². The van der Waals surface area contributed by atoms with Crippen LogP contribution in [0, 0.1) is 17.1 Å². The van der Waals surface area contributed by atoms with Crippen molar-refractivity contribution in [2.75, 3.05) is 0 Å². The minimum Gasteiger partial charge on any atom is -0.507 e. The second kappa shape index (κ2) is 3.55. The SMILES string of the molecule is N#CCc1c(O)cc(F)cc1Br. The highest BCUT2D eigenvalue weighted by Gasteiger charge is 2.07. The summed E-state index contributed by atoms with van der Waals surface area (Å²) in [4.78, 5) is 0. The van der Waals surface area contributed by atoms with Gasteiger partial charge in [-0.15, -0.1) is 0 Å². The smallest absolute Gasteiger partial charge is 0.128 e. The molecule has 0 aliphatic rings. The molecule has 1 rings (SSSR count). The van der Waals surface area contributed by atoms with Crippen LogP contribution in [0.1, 0.15) is 5.56 Å². The number of benzene rings is 1. The van der Waals surface area contributed by atoms with Gasteiger partial charge in [0, 0.05) is 16.1 Å². The minimum atomic E-state index is -0.527. The zero-order chi connectivity index (χ0) is 9.14. The van der Waals surface area contributed by atoms with Crippen molar-refractivity contribution < 1.29 is 9.50 Å². The third-order valence-electron chi connectivity index (χ3n) is 1.39. The highest BCUT2D eigenvalue weighted by Crippen LogP contribution is 2.27. The fraction of sp³-hybridized carbons (Fsp3) is 0.125. The number of hydrogen-bond acceptors (Lipinski definition) is 2. The van der Waals surface area contributed by atoms with Gasteiger partial charge in [0.1, 0.15) is 11.6 Å². The molecule has 4 heteroatoms. The highest BCUT2D eigenvalue weighted by atomic mass is 79.9. The van der Waals surface area contributed by atoms with Crippen LogP contribution in [-0.2, 0) is 6.42 Å². The van der Waals surface area contributed by atoms with Crippen LogP contribution in [0.25, 0.3) is 0 Å². The van der Waals surface area contributed by atoms with Crippen molar-refractivity contribution in [3.8, 4) is 11.8 Å². The summed E-state index contributed by atoms with van der Waals surface area (Å²) < 4.78 is 13.0. The van der Waals surface area contributed by atoms with Crippen LogP contribution in [0.4, 0.5) is 4.39 Å². The molecule has 1 N–H and O–H groups in total. The molecule has 1 aromatic carbocycles. The van der Waals surface area contributed by atoms with Crippen molar-refractivity contribution in [1.29, 1.82) is 5.26 Å². The molecule has 0 saturated carbocycles. The third kappa shape index (κ3) is 1.74. The Morgan fingerprint density at radius 3 is 2.75 bits per heavy atom. The molecular weight excluding hydrogens is 225 g/mol. The van der Waals surface area contributed by atoms with Crippen molar-refractivity contribution >= 4 is 15.9 Å². The maximum absolute atomic E-state index is 12.6. The summed E-state index contributed by atoms with van der Waals surface area (Å²) in [5.74, 6) is -0.718. The third-order valence-corrected chi connectivity index (χ3v) is 2.10. The molecule has 62 valence electrons. The maximum atomic E-state index is 12.6. The Hall–Kier alpha value is -1.08. The molecule has 0 saturated heterocycles. The Bertz CT molecular complexity index is 322. The van der Waals surface area contributed by atoms with Gasteiger partial charge in [0.15, 0.2) is 0 Å². The highest BCUT2D eigenvalue weighted by molar-refractivity contribution is 9.10. The van der Waals surface area contributed by atoms with E-state index >= 15 is 0 Å². The number of halogens is 2. The van der Waals surface area contributed by atoms with Gasteiger partial charge < -0.3 is 5.11 Å². The first-order chi connectivity index (χ1) is 5.65. The van der Waals surface area contributed by atoms with E-state index in [1.165, 1.54) is 6.07 Å². The van der Waals surface area contributed by atoms with Crippen LogP contribution in [0.15, 0.2) is 16.6 Å². The Morgan fingerprint density at radius 1 is 1.58 bits per heavy atom. The van der Waals surface area contributed by atoms with Gasteiger partial charge in [-0.3, -0.25) is 0 Å². The maximum Gasteiger partial charge on any atom is 0.128 e. The van der Waals surface area contributed by atoms with E-state index in [-0.39, 0.29) is 12.2 Å². The monoisotopic (exact) mass is 229 g/mol. The van der Waals surface area contributed by atoms with Crippen LogP contribution in [0.5, 0.6) is 5.75 Å². The van der Waals surface area contributed by atoms with Crippen molar-refractivity contribution in [2.45, 2.75) is 6.42 Å². The number of aromatic hydroxyl groups is 1. The van der Waals surface area contributed by atoms with Gasteiger partial charge in [-0.05, 0) is 6.07 Å². The van der Waals surface area contributed by atoms with Crippen LogP contribution < -0.4 is 0 Å². The van der Waals surface area contributed by atoms with Crippen molar-refractivity contribution in [3.63, 3.8) is 0 Å². The number of nitrogens with zero attached hydrogens (tertiary/aromatic N) is 1. The fourth-order valence-electron chi connectivity index (χ4n) is 0.844. The summed E-state index contributed by atoms with van der Waals surface area (Å²) in [6.07, 6.45) is 0.0622. The normalized spacial score (nSPS) is 9.42. The van der Waals surface area contributed by atoms with Gasteiger partial charge in [-0.2, -0.15) is 5.26 Å². The molecule has 0 aliphatic heterocycles. The lowest BCUT2D eigenvalue weighted by atomic mass is 10.1. The number of hydrogen-bond donors (Lipinski definition) is 1. The van der Waals surface area contributed by atoms with Gasteiger partial charge in [0.2, 0.25) is 0 Å². The standard InChI is InChI=1S/C8H5BrFNO/c9-7-3-5(10)4-8(12)6(7)1-2-11/h3-4,12H,1H2. The first kappa shape index (κ1) is 9.01. The van der Waals surface area contributed by atoms with Crippen molar-refractivity contribution in [3.05, 3.63) is 28.0 Å². The number of rotatable bonds is 1. The molecule has 0 heterocycles. The summed E-state index contributed by atoms with van der Waals surface area (Å²) in [6.45, 7) is 0. The second-order valence-electron chi connectivity index (χ2n) is 2.22. The summed E-state index contributed by atoms with van der Waals surface area (Å²) in [7, 11) is 0. The molecule has 0 unspecified atom stereocenters. The van der Waals surface area contributed by atoms with E-state index < -0.39 is 5.82 Å². The molecule has 0 radical (unpaired) electrons. The summed E-state index contributed by atoms with van der Waals surface area (Å²) in [5, 5.41) is 17.5. The summed E-state index contributed by atoms with van der Waals surface area (Å²) in [5.41, 5.74) is 0.416. The Balaban J connectivity index is 3.21. The molecule has 0 bridgehead atoms. The van der Waals surface area contributed by atoms with E-state index in [9.17, 15) is 9.50 Å². The molecule has 0 aromatic heterocycles. The molecule has 0 fully saturated rings. The zero-order valence-corrected chi connectivity index (χ0v) is 7.60. The lowest BCUT2D eigenvalue weighted by molar-refractivity contribution is 0.463. The van der Waals surface area contributed by atoms with Gasteiger partial charge in [0.25, 0.3) is 0 Å². The second-order valence-corrected chi connectivity index (χ2v) is 3.07. The van der Waals surface area contributed by atoms with Crippen LogP contribution in [0.2, 0.25) is 0 Å². The Morgan fingerprint density at radius 2 is 2.25 bits per heavy atom. The predicted octanol–water partition coefficient (Wildman–Crippen LogP) is 2.36. The predicted molar refractivity (Wildman–Crippen MR) is 45.1 cm³/mol. The number of phenols is 1. The largest absolute Gasteiger partial charge is 0.507 e. The van der Waals surface area contributed by atoms with Crippen LogP contribution in [0.3, 0.4) is 0 Å². The molecule has 0 aliphatic carbocycles. The van der Waals surface area contributed by atoms with Crippen molar-refractivity contribution in [2.24, 2.45) is 0 Å². The van der Waals surface area contributed by atoms with E-state index in [0.717, 1.165) is 6.07 Å². The molecule has 0 atom stereocenters. The first-order valence-corrected chi connectivity index (χ1v) is 3.98. The Kier molecular flexibility index (Phi) is 2.66. The Labute approximate surface area is 77.4 Å². The van der Waals surface area contributed by atoms with E-state index in [1.54, 1.807) is 0 Å². The zero-order valence-electron chi connectivity index (χ0n) is 6.01. The van der Waals surface area contributed by atoms with E-state index in [4.69, 9.17) is 5.26 Å². The average molecular weight is 230 g/mol. The molecule has 0 spiro atoms. The molecule has 0 amide bonds. The minimum absolute atomic E-state index is 0.0622. The van der Waals surface area contributed by atoms with Gasteiger partial charge in [-0.1, -0.05) is 15.9 Å². The fourth-order valence-corrected chi connectivity index (χ4v) is 1.41. The molecular formula is C8H5BrFNO. The van der Waals surface area contributed by atoms with Gasteiger partial charge in [-0.25, -0.2) is 4.39 Å². The molecule has 1 aromatic rings. The number of nitriles is 1. The van der Waals surface area contributed by atoms with Crippen LogP contribution in [-0.4, -0.2) is 5.11 Å². The van der Waals surface area contributed by atoms with E-state index in [0.29, 0.717) is 10.0 Å². The first-order valence-electron chi connectivity index (χ1n) is 3.19. The molecule has 2 nitrogen and oxygen atoms in total. The quantitative estimate of drug-likeness (QED) is 0.804. The average Bonchev–Trinajstić information content (AvgIpc) is 1.96. The lowest BCUT2D eigenvalue weighted by Gasteiger charge is -2.02. The lowest BCUT2D eigenvalue weighted by Crippen LogP contribution is -1.87. The van der Waals surface area contributed by atoms with E-state index in [1.807, 2.05) is 6.07 Å². The van der Waals surface area contributed by atoms with Crippen LogP contribution >= 0.6 is 15.9 Å². The van der Waals surface area contributed by atoms with E-state index in [2.05, 4.69) is 15.9 Å². The van der Waals surface area contributed by atoms with Gasteiger partial charge in [0.05, 0.1) is 12.5 Å².